The Morgan fingerprint density at radius 1 is 1.05 bits per heavy atom. The lowest BCUT2D eigenvalue weighted by atomic mass is 9.81. The van der Waals surface area contributed by atoms with Gasteiger partial charge < -0.3 is 9.47 Å². The molecular formula is C17H19NO3. The maximum absolute atomic E-state index is 11.0. The van der Waals surface area contributed by atoms with E-state index in [1.807, 2.05) is 6.08 Å². The van der Waals surface area contributed by atoms with Crippen LogP contribution in [0.15, 0.2) is 4.99 Å². The average molecular weight is 285 g/mol. The van der Waals surface area contributed by atoms with Crippen molar-refractivity contribution in [1.82, 2.24) is 0 Å². The molecule has 0 N–H and O–H groups in total. The SMILES string of the molecule is Cc1c2c(c(C3(N=C=O)CCCC3)c3c1OCC3)OCC2. The van der Waals surface area contributed by atoms with Crippen molar-refractivity contribution >= 4 is 6.08 Å². The molecule has 4 rings (SSSR count). The highest BCUT2D eigenvalue weighted by Gasteiger charge is 2.44. The number of nitrogens with zero attached hydrogens (tertiary/aromatic N) is 1. The van der Waals surface area contributed by atoms with Crippen LogP contribution in [-0.4, -0.2) is 19.3 Å². The molecule has 4 nitrogen and oxygen atoms in total. The van der Waals surface area contributed by atoms with Gasteiger partial charge in [-0.2, -0.15) is 4.99 Å². The fourth-order valence-electron chi connectivity index (χ4n) is 4.30. The van der Waals surface area contributed by atoms with E-state index in [9.17, 15) is 4.79 Å². The van der Waals surface area contributed by atoms with Gasteiger partial charge in [-0.3, -0.25) is 0 Å². The van der Waals surface area contributed by atoms with Crippen LogP contribution in [0, 0.1) is 6.92 Å². The minimum atomic E-state index is -0.429. The minimum Gasteiger partial charge on any atom is -0.493 e. The topological polar surface area (TPSA) is 47.9 Å². The van der Waals surface area contributed by atoms with Crippen molar-refractivity contribution in [1.29, 1.82) is 0 Å². The molecule has 1 aromatic rings. The summed E-state index contributed by atoms with van der Waals surface area (Å²) < 4.78 is 11.9. The Morgan fingerprint density at radius 3 is 2.43 bits per heavy atom. The molecule has 3 aliphatic rings. The van der Waals surface area contributed by atoms with E-state index in [2.05, 4.69) is 11.9 Å². The fraction of sp³-hybridized carbons (Fsp3) is 0.588. The second kappa shape index (κ2) is 4.60. The Labute approximate surface area is 124 Å². The Hall–Kier alpha value is -1.80. The molecule has 1 saturated carbocycles. The summed E-state index contributed by atoms with van der Waals surface area (Å²) in [5, 5.41) is 0. The molecule has 0 aromatic heterocycles. The van der Waals surface area contributed by atoms with Crippen LogP contribution in [0.4, 0.5) is 0 Å². The van der Waals surface area contributed by atoms with Crippen LogP contribution in [0.1, 0.15) is 47.9 Å². The lowest BCUT2D eigenvalue weighted by Crippen LogP contribution is -2.22. The van der Waals surface area contributed by atoms with Crippen LogP contribution in [0.25, 0.3) is 0 Å². The zero-order chi connectivity index (χ0) is 14.4. The van der Waals surface area contributed by atoms with Crippen LogP contribution >= 0.6 is 0 Å². The molecule has 4 heteroatoms. The van der Waals surface area contributed by atoms with Crippen molar-refractivity contribution in [2.45, 2.75) is 51.0 Å². The van der Waals surface area contributed by atoms with E-state index in [1.54, 1.807) is 0 Å². The van der Waals surface area contributed by atoms with E-state index in [-0.39, 0.29) is 0 Å². The van der Waals surface area contributed by atoms with Crippen molar-refractivity contribution in [3.05, 3.63) is 22.3 Å². The van der Waals surface area contributed by atoms with Crippen LogP contribution < -0.4 is 9.47 Å². The van der Waals surface area contributed by atoms with Gasteiger partial charge in [-0.25, -0.2) is 4.79 Å². The summed E-state index contributed by atoms with van der Waals surface area (Å²) in [6, 6.07) is 0. The molecule has 0 amide bonds. The molecule has 0 spiro atoms. The van der Waals surface area contributed by atoms with Crippen LogP contribution in [0.3, 0.4) is 0 Å². The smallest absolute Gasteiger partial charge is 0.235 e. The molecule has 2 heterocycles. The molecule has 110 valence electrons. The van der Waals surface area contributed by atoms with E-state index in [4.69, 9.17) is 9.47 Å². The van der Waals surface area contributed by atoms with Crippen LogP contribution in [-0.2, 0) is 23.2 Å². The molecule has 0 atom stereocenters. The first kappa shape index (κ1) is 12.9. The highest BCUT2D eigenvalue weighted by atomic mass is 16.5. The minimum absolute atomic E-state index is 0.429. The van der Waals surface area contributed by atoms with Crippen LogP contribution in [0.2, 0.25) is 0 Å². The third-order valence-corrected chi connectivity index (χ3v) is 5.22. The number of rotatable bonds is 2. The van der Waals surface area contributed by atoms with Gasteiger partial charge in [0.1, 0.15) is 17.0 Å². The zero-order valence-corrected chi connectivity index (χ0v) is 12.3. The van der Waals surface area contributed by atoms with E-state index < -0.39 is 5.54 Å². The molecule has 1 aromatic carbocycles. The highest BCUT2D eigenvalue weighted by molar-refractivity contribution is 5.64. The molecular weight excluding hydrogens is 266 g/mol. The third-order valence-electron chi connectivity index (χ3n) is 5.22. The van der Waals surface area contributed by atoms with Gasteiger partial charge in [0, 0.05) is 29.5 Å². The molecule has 1 aliphatic carbocycles. The molecule has 2 aliphatic heterocycles. The number of hydrogen-bond donors (Lipinski definition) is 0. The summed E-state index contributed by atoms with van der Waals surface area (Å²) in [4.78, 5) is 15.3. The van der Waals surface area contributed by atoms with Crippen molar-refractivity contribution in [2.24, 2.45) is 4.99 Å². The maximum Gasteiger partial charge on any atom is 0.235 e. The van der Waals surface area contributed by atoms with Crippen molar-refractivity contribution in [3.63, 3.8) is 0 Å². The van der Waals surface area contributed by atoms with Gasteiger partial charge >= 0.3 is 0 Å². The molecule has 21 heavy (non-hydrogen) atoms. The van der Waals surface area contributed by atoms with Crippen molar-refractivity contribution in [2.75, 3.05) is 13.2 Å². The Bertz CT molecular complexity index is 617. The third kappa shape index (κ3) is 1.69. The lowest BCUT2D eigenvalue weighted by molar-refractivity contribution is 0.338. The summed E-state index contributed by atoms with van der Waals surface area (Å²) in [5.41, 5.74) is 4.38. The Balaban J connectivity index is 2.03. The molecule has 0 bridgehead atoms. The summed E-state index contributed by atoms with van der Waals surface area (Å²) in [6.45, 7) is 3.55. The number of fused-ring (bicyclic) bond motifs is 2. The number of aliphatic imine (C=N–C) groups is 1. The van der Waals surface area contributed by atoms with Gasteiger partial charge in [0.15, 0.2) is 0 Å². The first-order valence-electron chi connectivity index (χ1n) is 7.80. The summed E-state index contributed by atoms with van der Waals surface area (Å²) >= 11 is 0. The monoisotopic (exact) mass is 285 g/mol. The first-order valence-corrected chi connectivity index (χ1v) is 7.80. The van der Waals surface area contributed by atoms with Crippen molar-refractivity contribution < 1.29 is 14.3 Å². The number of isocyanates is 1. The van der Waals surface area contributed by atoms with Crippen LogP contribution in [0.5, 0.6) is 11.5 Å². The largest absolute Gasteiger partial charge is 0.493 e. The maximum atomic E-state index is 11.0. The number of hydrogen-bond acceptors (Lipinski definition) is 4. The summed E-state index contributed by atoms with van der Waals surface area (Å²) in [6.07, 6.45) is 7.66. The number of benzene rings is 1. The molecule has 0 saturated heterocycles. The van der Waals surface area contributed by atoms with E-state index in [0.29, 0.717) is 13.2 Å². The molecule has 0 radical (unpaired) electrons. The predicted octanol–water partition coefficient (Wildman–Crippen LogP) is 2.97. The molecule has 0 unspecified atom stereocenters. The van der Waals surface area contributed by atoms with Gasteiger partial charge in [0.2, 0.25) is 6.08 Å². The highest BCUT2D eigenvalue weighted by Crippen LogP contribution is 2.53. The second-order valence-electron chi connectivity index (χ2n) is 6.25. The normalized spacial score (nSPS) is 21.2. The number of carbonyl (C=O) groups excluding carboxylic acids is 1. The van der Waals surface area contributed by atoms with Gasteiger partial charge in [-0.05, 0) is 25.3 Å². The number of ether oxygens (including phenoxy) is 2. The Kier molecular flexibility index (Phi) is 2.83. The quantitative estimate of drug-likeness (QED) is 0.620. The second-order valence-corrected chi connectivity index (χ2v) is 6.25. The van der Waals surface area contributed by atoms with Gasteiger partial charge in [0.05, 0.1) is 13.2 Å². The van der Waals surface area contributed by atoms with E-state index >= 15 is 0 Å². The van der Waals surface area contributed by atoms with Gasteiger partial charge in [-0.15, -0.1) is 0 Å². The first-order chi connectivity index (χ1) is 10.3. The van der Waals surface area contributed by atoms with E-state index in [0.717, 1.165) is 55.6 Å². The Morgan fingerprint density at radius 2 is 1.71 bits per heavy atom. The fourth-order valence-corrected chi connectivity index (χ4v) is 4.30. The zero-order valence-electron chi connectivity index (χ0n) is 12.3. The molecule has 1 fully saturated rings. The summed E-state index contributed by atoms with van der Waals surface area (Å²) in [7, 11) is 0. The lowest BCUT2D eigenvalue weighted by Gasteiger charge is -2.28. The van der Waals surface area contributed by atoms with Crippen molar-refractivity contribution in [3.8, 4) is 11.5 Å². The van der Waals surface area contributed by atoms with E-state index in [1.165, 1.54) is 16.7 Å². The standard InChI is InChI=1S/C17H19NO3/c1-11-12-4-8-21-16(12)14(13-5-9-20-15(11)13)17(18-10-19)6-2-3-7-17/h2-9H2,1H3. The van der Waals surface area contributed by atoms with Gasteiger partial charge in [-0.1, -0.05) is 12.8 Å². The van der Waals surface area contributed by atoms with Gasteiger partial charge in [0.25, 0.3) is 0 Å². The predicted molar refractivity (Wildman–Crippen MR) is 77.8 cm³/mol. The summed E-state index contributed by atoms with van der Waals surface area (Å²) in [5.74, 6) is 2.00. The average Bonchev–Trinajstić information content (AvgIpc) is 3.18.